The number of ether oxygens (including phenoxy) is 1. The van der Waals surface area contributed by atoms with E-state index < -0.39 is 0 Å². The first kappa shape index (κ1) is 16.9. The number of halogens is 1. The van der Waals surface area contributed by atoms with Crippen LogP contribution in [0, 0.1) is 0 Å². The first-order chi connectivity index (χ1) is 10.2. The summed E-state index contributed by atoms with van der Waals surface area (Å²) in [7, 11) is 0. The number of hydrogen-bond acceptors (Lipinski definition) is 3. The lowest BCUT2D eigenvalue weighted by molar-refractivity contribution is 0.0531. The number of nitrogens with two attached hydrogens (primary N) is 1. The van der Waals surface area contributed by atoms with Crippen LogP contribution in [0.2, 0.25) is 0 Å². The minimum atomic E-state index is 0.139. The van der Waals surface area contributed by atoms with Crippen LogP contribution >= 0.6 is 15.9 Å². The van der Waals surface area contributed by atoms with Gasteiger partial charge in [-0.2, -0.15) is 0 Å². The zero-order valence-electron chi connectivity index (χ0n) is 13.1. The summed E-state index contributed by atoms with van der Waals surface area (Å²) < 4.78 is 6.93. The Morgan fingerprint density at radius 3 is 2.81 bits per heavy atom. The number of rotatable bonds is 7. The quantitative estimate of drug-likeness (QED) is 0.810. The Bertz CT molecular complexity index is 435. The summed E-state index contributed by atoms with van der Waals surface area (Å²) in [5, 5.41) is 0. The SMILES string of the molecule is CCC(N)C(c1cccc(Br)c1)N(CC)CC1CCCO1. The Kier molecular flexibility index (Phi) is 6.68. The van der Waals surface area contributed by atoms with Crippen molar-refractivity contribution in [3.63, 3.8) is 0 Å². The van der Waals surface area contributed by atoms with E-state index in [-0.39, 0.29) is 12.1 Å². The standard InChI is InChI=1S/C17H27BrN2O/c1-3-16(19)17(13-7-5-8-14(18)11-13)20(4-2)12-15-9-6-10-21-15/h5,7-8,11,15-17H,3-4,6,9-10,12,19H2,1-2H3. The van der Waals surface area contributed by atoms with Crippen LogP contribution in [0.1, 0.15) is 44.7 Å². The lowest BCUT2D eigenvalue weighted by atomic mass is 9.95. The van der Waals surface area contributed by atoms with Gasteiger partial charge < -0.3 is 10.5 Å². The lowest BCUT2D eigenvalue weighted by Gasteiger charge is -2.36. The molecule has 21 heavy (non-hydrogen) atoms. The van der Waals surface area contributed by atoms with Crippen molar-refractivity contribution in [3.05, 3.63) is 34.3 Å². The summed E-state index contributed by atoms with van der Waals surface area (Å²) in [6.07, 6.45) is 3.69. The Morgan fingerprint density at radius 2 is 2.24 bits per heavy atom. The third kappa shape index (κ3) is 4.52. The molecular formula is C17H27BrN2O. The molecule has 0 saturated carbocycles. The van der Waals surface area contributed by atoms with E-state index >= 15 is 0 Å². The maximum atomic E-state index is 6.45. The van der Waals surface area contributed by atoms with Crippen LogP contribution in [-0.2, 0) is 4.74 Å². The molecule has 1 aromatic carbocycles. The highest BCUT2D eigenvalue weighted by Crippen LogP contribution is 2.28. The van der Waals surface area contributed by atoms with Crippen LogP contribution in [-0.4, -0.2) is 36.7 Å². The van der Waals surface area contributed by atoms with E-state index in [1.807, 2.05) is 0 Å². The second-order valence-electron chi connectivity index (χ2n) is 5.79. The van der Waals surface area contributed by atoms with E-state index in [0.29, 0.717) is 6.10 Å². The summed E-state index contributed by atoms with van der Waals surface area (Å²) in [6, 6.07) is 8.92. The third-order valence-electron chi connectivity index (χ3n) is 4.33. The molecule has 2 rings (SSSR count). The number of likely N-dealkylation sites (N-methyl/N-ethyl adjacent to an activating group) is 1. The molecule has 3 unspecified atom stereocenters. The van der Waals surface area contributed by atoms with Crippen molar-refractivity contribution in [2.45, 2.75) is 51.3 Å². The zero-order valence-corrected chi connectivity index (χ0v) is 14.7. The topological polar surface area (TPSA) is 38.5 Å². The van der Waals surface area contributed by atoms with Crippen LogP contribution in [0.5, 0.6) is 0 Å². The van der Waals surface area contributed by atoms with Gasteiger partial charge in [-0.15, -0.1) is 0 Å². The second-order valence-corrected chi connectivity index (χ2v) is 6.71. The Balaban J connectivity index is 2.20. The fraction of sp³-hybridized carbons (Fsp3) is 0.647. The maximum Gasteiger partial charge on any atom is 0.0703 e. The zero-order chi connectivity index (χ0) is 15.2. The molecule has 1 fully saturated rings. The molecule has 0 amide bonds. The molecule has 1 heterocycles. The smallest absolute Gasteiger partial charge is 0.0703 e. The van der Waals surface area contributed by atoms with Crippen LogP contribution in [0.15, 0.2) is 28.7 Å². The molecule has 0 bridgehead atoms. The van der Waals surface area contributed by atoms with E-state index in [1.165, 1.54) is 18.4 Å². The van der Waals surface area contributed by atoms with E-state index in [1.54, 1.807) is 0 Å². The van der Waals surface area contributed by atoms with Crippen LogP contribution < -0.4 is 5.73 Å². The van der Waals surface area contributed by atoms with E-state index in [0.717, 1.165) is 30.6 Å². The molecular weight excluding hydrogens is 328 g/mol. The second kappa shape index (κ2) is 8.28. The Morgan fingerprint density at radius 1 is 1.43 bits per heavy atom. The van der Waals surface area contributed by atoms with E-state index in [4.69, 9.17) is 10.5 Å². The van der Waals surface area contributed by atoms with Gasteiger partial charge in [0.25, 0.3) is 0 Å². The Labute approximate surface area is 137 Å². The molecule has 118 valence electrons. The third-order valence-corrected chi connectivity index (χ3v) is 4.82. The molecule has 1 aliphatic rings. The number of benzene rings is 1. The van der Waals surface area contributed by atoms with Gasteiger partial charge in [-0.05, 0) is 43.5 Å². The number of nitrogens with zero attached hydrogens (tertiary/aromatic N) is 1. The summed E-state index contributed by atoms with van der Waals surface area (Å²) in [6.45, 7) is 7.24. The number of hydrogen-bond donors (Lipinski definition) is 1. The molecule has 0 aromatic heterocycles. The predicted octanol–water partition coefficient (Wildman–Crippen LogP) is 3.73. The summed E-state index contributed by atoms with van der Waals surface area (Å²) in [4.78, 5) is 2.48. The first-order valence-electron chi connectivity index (χ1n) is 8.02. The normalized spacial score (nSPS) is 21.7. The average molecular weight is 355 g/mol. The summed E-state index contributed by atoms with van der Waals surface area (Å²) in [5.74, 6) is 0. The highest BCUT2D eigenvalue weighted by Gasteiger charge is 2.28. The fourth-order valence-electron chi connectivity index (χ4n) is 3.13. The molecule has 3 atom stereocenters. The molecule has 0 aliphatic carbocycles. The van der Waals surface area contributed by atoms with Gasteiger partial charge >= 0.3 is 0 Å². The van der Waals surface area contributed by atoms with Crippen molar-refractivity contribution in [3.8, 4) is 0 Å². The van der Waals surface area contributed by atoms with Gasteiger partial charge in [-0.1, -0.05) is 41.9 Å². The predicted molar refractivity (Wildman–Crippen MR) is 91.4 cm³/mol. The van der Waals surface area contributed by atoms with Gasteiger partial charge in [0.15, 0.2) is 0 Å². The highest BCUT2D eigenvalue weighted by molar-refractivity contribution is 9.10. The average Bonchev–Trinajstić information content (AvgIpc) is 2.99. The fourth-order valence-corrected chi connectivity index (χ4v) is 3.55. The van der Waals surface area contributed by atoms with Crippen molar-refractivity contribution in [2.24, 2.45) is 5.73 Å². The highest BCUT2D eigenvalue weighted by atomic mass is 79.9. The summed E-state index contributed by atoms with van der Waals surface area (Å²) in [5.41, 5.74) is 7.74. The summed E-state index contributed by atoms with van der Waals surface area (Å²) >= 11 is 3.58. The van der Waals surface area contributed by atoms with Gasteiger partial charge in [0.1, 0.15) is 0 Å². The monoisotopic (exact) mass is 354 g/mol. The van der Waals surface area contributed by atoms with Crippen molar-refractivity contribution in [1.82, 2.24) is 4.90 Å². The molecule has 2 N–H and O–H groups in total. The van der Waals surface area contributed by atoms with Gasteiger partial charge in [0.05, 0.1) is 6.10 Å². The van der Waals surface area contributed by atoms with Gasteiger partial charge in [0, 0.05) is 29.7 Å². The van der Waals surface area contributed by atoms with Crippen molar-refractivity contribution in [1.29, 1.82) is 0 Å². The molecule has 1 aromatic rings. The molecule has 0 radical (unpaired) electrons. The van der Waals surface area contributed by atoms with Crippen LogP contribution in [0.4, 0.5) is 0 Å². The minimum absolute atomic E-state index is 0.139. The minimum Gasteiger partial charge on any atom is -0.377 e. The van der Waals surface area contributed by atoms with E-state index in [9.17, 15) is 0 Å². The van der Waals surface area contributed by atoms with Gasteiger partial charge in [-0.3, -0.25) is 4.90 Å². The lowest BCUT2D eigenvalue weighted by Crippen LogP contribution is -2.44. The van der Waals surface area contributed by atoms with Crippen molar-refractivity contribution in [2.75, 3.05) is 19.7 Å². The molecule has 4 heteroatoms. The maximum absolute atomic E-state index is 6.45. The molecule has 3 nitrogen and oxygen atoms in total. The molecule has 0 spiro atoms. The van der Waals surface area contributed by atoms with E-state index in [2.05, 4.69) is 58.9 Å². The van der Waals surface area contributed by atoms with Crippen LogP contribution in [0.25, 0.3) is 0 Å². The first-order valence-corrected chi connectivity index (χ1v) is 8.81. The van der Waals surface area contributed by atoms with Gasteiger partial charge in [-0.25, -0.2) is 0 Å². The van der Waals surface area contributed by atoms with Crippen LogP contribution in [0.3, 0.4) is 0 Å². The van der Waals surface area contributed by atoms with Crippen molar-refractivity contribution >= 4 is 15.9 Å². The Hall–Kier alpha value is -0.420. The largest absolute Gasteiger partial charge is 0.377 e. The molecule has 1 aliphatic heterocycles. The molecule has 1 saturated heterocycles. The van der Waals surface area contributed by atoms with Gasteiger partial charge in [0.2, 0.25) is 0 Å². The van der Waals surface area contributed by atoms with Crippen molar-refractivity contribution < 1.29 is 4.74 Å².